The highest BCUT2D eigenvalue weighted by Crippen LogP contribution is 2.23. The van der Waals surface area contributed by atoms with Crippen molar-refractivity contribution in [2.24, 2.45) is 0 Å². The third-order valence-electron chi connectivity index (χ3n) is 2.42. The van der Waals surface area contributed by atoms with Crippen LogP contribution >= 0.6 is 22.9 Å². The van der Waals surface area contributed by atoms with Gasteiger partial charge in [-0.1, -0.05) is 11.6 Å². The maximum absolute atomic E-state index is 11.8. The summed E-state index contributed by atoms with van der Waals surface area (Å²) in [5.74, 6) is -1.09. The summed E-state index contributed by atoms with van der Waals surface area (Å²) in [5, 5.41) is 16.2. The van der Waals surface area contributed by atoms with Gasteiger partial charge in [-0.2, -0.15) is 0 Å². The smallest absolute Gasteiger partial charge is 0.338 e. The normalized spacial score (nSPS) is 10.1. The van der Waals surface area contributed by atoms with Crippen LogP contribution in [0.1, 0.15) is 16.1 Å². The second kappa shape index (κ2) is 5.89. The number of aromatic carboxylic acids is 1. The Morgan fingerprint density at radius 1 is 1.30 bits per heavy atom. The van der Waals surface area contributed by atoms with Crippen LogP contribution in [0.15, 0.2) is 23.6 Å². The molecule has 6 nitrogen and oxygen atoms in total. The zero-order valence-electron chi connectivity index (χ0n) is 10.3. The van der Waals surface area contributed by atoms with E-state index in [9.17, 15) is 9.59 Å². The molecule has 2 aromatic heterocycles. The highest BCUT2D eigenvalue weighted by Gasteiger charge is 2.14. The average Bonchev–Trinajstić information content (AvgIpc) is 2.81. The zero-order chi connectivity index (χ0) is 14.7. The number of thiophene rings is 1. The van der Waals surface area contributed by atoms with Crippen LogP contribution < -0.4 is 10.6 Å². The first-order valence-electron chi connectivity index (χ1n) is 5.49. The molecule has 2 aromatic rings. The lowest BCUT2D eigenvalue weighted by Gasteiger charge is -2.09. The summed E-state index contributed by atoms with van der Waals surface area (Å²) in [4.78, 5) is 26.7. The van der Waals surface area contributed by atoms with E-state index in [1.165, 1.54) is 6.07 Å². The van der Waals surface area contributed by atoms with E-state index in [-0.39, 0.29) is 10.6 Å². The van der Waals surface area contributed by atoms with Crippen LogP contribution in [0.25, 0.3) is 0 Å². The second-order valence-corrected chi connectivity index (χ2v) is 5.12. The number of pyridine rings is 1. The third-order valence-corrected chi connectivity index (χ3v) is 3.46. The Morgan fingerprint density at radius 3 is 2.70 bits per heavy atom. The summed E-state index contributed by atoms with van der Waals surface area (Å²) in [6.45, 7) is 1.70. The van der Waals surface area contributed by atoms with E-state index in [1.807, 2.05) is 0 Å². The Balaban J connectivity index is 2.09. The number of anilines is 2. The van der Waals surface area contributed by atoms with Crippen molar-refractivity contribution in [2.75, 3.05) is 10.6 Å². The van der Waals surface area contributed by atoms with Gasteiger partial charge in [0.2, 0.25) is 0 Å². The van der Waals surface area contributed by atoms with Gasteiger partial charge >= 0.3 is 12.0 Å². The SMILES string of the molecule is Cc1nc(Cl)ccc1NC(=O)Nc1sccc1C(=O)O. The van der Waals surface area contributed by atoms with E-state index in [0.717, 1.165) is 11.3 Å². The largest absolute Gasteiger partial charge is 0.478 e. The third kappa shape index (κ3) is 3.25. The van der Waals surface area contributed by atoms with Gasteiger partial charge in [0.05, 0.1) is 16.9 Å². The molecular weight excluding hydrogens is 302 g/mol. The highest BCUT2D eigenvalue weighted by atomic mass is 35.5. The molecular formula is C12H10ClN3O3S. The standard InChI is InChI=1S/C12H10ClN3O3S/c1-6-8(2-3-9(13)14-6)15-12(19)16-10-7(11(17)18)4-5-20-10/h2-5H,1H3,(H,17,18)(H2,15,16,19). The van der Waals surface area contributed by atoms with Gasteiger partial charge in [-0.25, -0.2) is 14.6 Å². The molecule has 0 aromatic carbocycles. The first-order valence-corrected chi connectivity index (χ1v) is 6.75. The number of nitrogens with one attached hydrogen (secondary N) is 2. The second-order valence-electron chi connectivity index (χ2n) is 3.81. The number of halogens is 1. The van der Waals surface area contributed by atoms with Gasteiger partial charge in [0.15, 0.2) is 0 Å². The molecule has 3 N–H and O–H groups in total. The Kier molecular flexibility index (Phi) is 4.21. The van der Waals surface area contributed by atoms with Crippen molar-refractivity contribution < 1.29 is 14.7 Å². The van der Waals surface area contributed by atoms with E-state index >= 15 is 0 Å². The van der Waals surface area contributed by atoms with Gasteiger partial charge in [0.25, 0.3) is 0 Å². The number of aromatic nitrogens is 1. The number of carbonyl (C=O) groups excluding carboxylic acids is 1. The van der Waals surface area contributed by atoms with E-state index in [0.29, 0.717) is 16.5 Å². The van der Waals surface area contributed by atoms with Crippen LogP contribution in [0.2, 0.25) is 5.15 Å². The zero-order valence-corrected chi connectivity index (χ0v) is 11.9. The van der Waals surface area contributed by atoms with Crippen LogP contribution in [0.4, 0.5) is 15.5 Å². The molecule has 8 heteroatoms. The number of aryl methyl sites for hydroxylation is 1. The number of urea groups is 1. The summed E-state index contributed by atoms with van der Waals surface area (Å²) in [6, 6.07) is 4.06. The van der Waals surface area contributed by atoms with Crippen molar-refractivity contribution >= 4 is 45.6 Å². The first-order chi connectivity index (χ1) is 9.47. The summed E-state index contributed by atoms with van der Waals surface area (Å²) in [7, 11) is 0. The Bertz CT molecular complexity index is 672. The van der Waals surface area contributed by atoms with E-state index < -0.39 is 12.0 Å². The Morgan fingerprint density at radius 2 is 2.05 bits per heavy atom. The lowest BCUT2D eigenvalue weighted by molar-refractivity contribution is 0.0698. The van der Waals surface area contributed by atoms with Crippen molar-refractivity contribution in [2.45, 2.75) is 6.92 Å². The van der Waals surface area contributed by atoms with Gasteiger partial charge < -0.3 is 10.4 Å². The number of hydrogen-bond donors (Lipinski definition) is 3. The fraction of sp³-hybridized carbons (Fsp3) is 0.0833. The molecule has 0 bridgehead atoms. The molecule has 2 heterocycles. The van der Waals surface area contributed by atoms with E-state index in [2.05, 4.69) is 15.6 Å². The molecule has 0 atom stereocenters. The Hall–Kier alpha value is -2.12. The quantitative estimate of drug-likeness (QED) is 0.757. The average molecular weight is 312 g/mol. The van der Waals surface area contributed by atoms with Crippen LogP contribution in [-0.2, 0) is 0 Å². The summed E-state index contributed by atoms with van der Waals surface area (Å²) >= 11 is 6.86. The summed E-state index contributed by atoms with van der Waals surface area (Å²) < 4.78 is 0. The number of nitrogens with zero attached hydrogens (tertiary/aromatic N) is 1. The minimum atomic E-state index is -1.09. The number of amides is 2. The molecule has 0 aliphatic heterocycles. The van der Waals surface area contributed by atoms with Crippen molar-refractivity contribution in [1.82, 2.24) is 4.98 Å². The van der Waals surface area contributed by atoms with Crippen molar-refractivity contribution in [3.63, 3.8) is 0 Å². The molecule has 0 unspecified atom stereocenters. The molecule has 20 heavy (non-hydrogen) atoms. The molecule has 104 valence electrons. The number of hydrogen-bond acceptors (Lipinski definition) is 4. The predicted octanol–water partition coefficient (Wildman–Crippen LogP) is 3.45. The van der Waals surface area contributed by atoms with Gasteiger partial charge in [0.1, 0.15) is 10.2 Å². The lowest BCUT2D eigenvalue weighted by atomic mass is 10.3. The maximum atomic E-state index is 11.8. The molecule has 0 radical (unpaired) electrons. The van der Waals surface area contributed by atoms with Crippen molar-refractivity contribution in [3.8, 4) is 0 Å². The molecule has 0 saturated heterocycles. The molecule has 2 amide bonds. The number of rotatable bonds is 3. The molecule has 0 fully saturated rings. The number of carboxylic acid groups (broad SMARTS) is 1. The van der Waals surface area contributed by atoms with Crippen molar-refractivity contribution in [3.05, 3.63) is 40.0 Å². The highest BCUT2D eigenvalue weighted by molar-refractivity contribution is 7.14. The number of carbonyl (C=O) groups is 2. The fourth-order valence-corrected chi connectivity index (χ4v) is 2.46. The molecule has 2 rings (SSSR count). The van der Waals surface area contributed by atoms with Crippen LogP contribution in [0.5, 0.6) is 0 Å². The minimum absolute atomic E-state index is 0.0519. The van der Waals surface area contributed by atoms with E-state index in [4.69, 9.17) is 16.7 Å². The molecule has 0 aliphatic carbocycles. The fourth-order valence-electron chi connectivity index (χ4n) is 1.49. The number of carboxylic acids is 1. The maximum Gasteiger partial charge on any atom is 0.338 e. The minimum Gasteiger partial charge on any atom is -0.478 e. The van der Waals surface area contributed by atoms with Gasteiger partial charge in [-0.3, -0.25) is 5.32 Å². The first kappa shape index (κ1) is 14.3. The Labute approximate surface area is 123 Å². The predicted molar refractivity (Wildman–Crippen MR) is 77.9 cm³/mol. The van der Waals surface area contributed by atoms with Gasteiger partial charge in [-0.05, 0) is 30.5 Å². The summed E-state index contributed by atoms with van der Waals surface area (Å²) in [6.07, 6.45) is 0. The topological polar surface area (TPSA) is 91.3 Å². The molecule has 0 saturated carbocycles. The monoisotopic (exact) mass is 311 g/mol. The van der Waals surface area contributed by atoms with Crippen molar-refractivity contribution in [1.29, 1.82) is 0 Å². The van der Waals surface area contributed by atoms with E-state index in [1.54, 1.807) is 24.4 Å². The van der Waals surface area contributed by atoms with Crippen LogP contribution in [0.3, 0.4) is 0 Å². The van der Waals surface area contributed by atoms with Gasteiger partial charge in [0, 0.05) is 0 Å². The lowest BCUT2D eigenvalue weighted by Crippen LogP contribution is -2.20. The molecule has 0 aliphatic rings. The van der Waals surface area contributed by atoms with Crippen LogP contribution in [-0.4, -0.2) is 22.1 Å². The molecule has 0 spiro atoms. The van der Waals surface area contributed by atoms with Crippen LogP contribution in [0, 0.1) is 6.92 Å². The summed E-state index contributed by atoms with van der Waals surface area (Å²) in [5.41, 5.74) is 1.12. The van der Waals surface area contributed by atoms with Gasteiger partial charge in [-0.15, -0.1) is 11.3 Å².